The maximum atomic E-state index is 13.2. The summed E-state index contributed by atoms with van der Waals surface area (Å²) in [4.78, 5) is 23.8. The first kappa shape index (κ1) is 21.8. The van der Waals surface area contributed by atoms with Crippen LogP contribution in [0, 0.1) is 0 Å². The van der Waals surface area contributed by atoms with Gasteiger partial charge in [-0.1, -0.05) is 18.2 Å². The summed E-state index contributed by atoms with van der Waals surface area (Å²) < 4.78 is 10.8. The third-order valence-electron chi connectivity index (χ3n) is 6.55. The van der Waals surface area contributed by atoms with Gasteiger partial charge in [-0.25, -0.2) is 9.97 Å². The number of ether oxygens (including phenoxy) is 2. The smallest absolute Gasteiger partial charge is 0.233 e. The van der Waals surface area contributed by atoms with Crippen molar-refractivity contribution < 1.29 is 14.3 Å². The molecule has 0 unspecified atom stereocenters. The van der Waals surface area contributed by atoms with Gasteiger partial charge in [-0.15, -0.1) is 0 Å². The Kier molecular flexibility index (Phi) is 5.37. The molecule has 2 N–H and O–H groups in total. The average molecular weight is 481 g/mol. The largest absolute Gasteiger partial charge is 0.493 e. The first-order valence-electron chi connectivity index (χ1n) is 11.6. The number of hydrogen-bond donors (Lipinski definition) is 2. The van der Waals surface area contributed by atoms with Gasteiger partial charge in [0.2, 0.25) is 5.91 Å². The van der Waals surface area contributed by atoms with Gasteiger partial charge >= 0.3 is 0 Å². The molecule has 1 aliphatic rings. The number of nitrogens with zero attached hydrogens (tertiary/aromatic N) is 4. The number of benzene rings is 3. The topological polar surface area (TPSA) is 105 Å². The summed E-state index contributed by atoms with van der Waals surface area (Å²) in [6, 6.07) is 17.5. The molecule has 36 heavy (non-hydrogen) atoms. The molecule has 0 spiro atoms. The fraction of sp³-hybridized carbons (Fsp3) is 0.185. The van der Waals surface area contributed by atoms with Crippen LogP contribution in [0.15, 0.2) is 60.9 Å². The number of rotatable bonds is 6. The molecule has 1 aliphatic heterocycles. The number of methoxy groups -OCH3 is 2. The number of aromatic nitrogens is 4. The molecule has 0 fully saturated rings. The van der Waals surface area contributed by atoms with E-state index >= 15 is 0 Å². The van der Waals surface area contributed by atoms with E-state index in [-0.39, 0.29) is 12.3 Å². The summed E-state index contributed by atoms with van der Waals surface area (Å²) in [7, 11) is 3.20. The first-order chi connectivity index (χ1) is 17.6. The van der Waals surface area contributed by atoms with Crippen molar-refractivity contribution in [3.05, 3.63) is 72.2 Å². The van der Waals surface area contributed by atoms with E-state index in [9.17, 15) is 4.79 Å². The highest BCUT2D eigenvalue weighted by atomic mass is 16.5. The van der Waals surface area contributed by atoms with E-state index in [2.05, 4.69) is 31.5 Å². The van der Waals surface area contributed by atoms with Crippen molar-refractivity contribution in [1.82, 2.24) is 20.2 Å². The number of anilines is 3. The average Bonchev–Trinajstić information content (AvgIpc) is 3.52. The van der Waals surface area contributed by atoms with Gasteiger partial charge in [-0.2, -0.15) is 5.10 Å². The Balaban J connectivity index is 1.24. The monoisotopic (exact) mass is 480 g/mol. The number of carbonyl (C=O) groups is 1. The summed E-state index contributed by atoms with van der Waals surface area (Å²) in [6.07, 6.45) is 2.58. The summed E-state index contributed by atoms with van der Waals surface area (Å²) in [5, 5.41) is 12.5. The molecule has 0 aliphatic carbocycles. The van der Waals surface area contributed by atoms with Crippen molar-refractivity contribution in [2.75, 3.05) is 31.0 Å². The number of carbonyl (C=O) groups excluding carboxylic acids is 1. The van der Waals surface area contributed by atoms with Crippen molar-refractivity contribution >= 4 is 44.9 Å². The van der Waals surface area contributed by atoms with E-state index in [1.165, 1.54) is 6.33 Å². The van der Waals surface area contributed by atoms with Crippen LogP contribution in [0.2, 0.25) is 0 Å². The molecule has 6 rings (SSSR count). The highest BCUT2D eigenvalue weighted by Crippen LogP contribution is 2.36. The molecule has 9 heteroatoms. The minimum Gasteiger partial charge on any atom is -0.493 e. The Hall–Kier alpha value is -4.66. The summed E-state index contributed by atoms with van der Waals surface area (Å²) in [6.45, 7) is 0.650. The van der Waals surface area contributed by atoms with Gasteiger partial charge in [0.05, 0.1) is 37.4 Å². The molecule has 3 heterocycles. The van der Waals surface area contributed by atoms with Crippen LogP contribution in [0.5, 0.6) is 11.5 Å². The fourth-order valence-corrected chi connectivity index (χ4v) is 4.75. The molecule has 3 aromatic carbocycles. The number of para-hydroxylation sites is 1. The van der Waals surface area contributed by atoms with Crippen LogP contribution in [-0.2, 0) is 17.6 Å². The van der Waals surface area contributed by atoms with E-state index in [4.69, 9.17) is 9.47 Å². The molecule has 1 amide bonds. The molecular weight excluding hydrogens is 456 g/mol. The Morgan fingerprint density at radius 1 is 1.00 bits per heavy atom. The van der Waals surface area contributed by atoms with Gasteiger partial charge in [0.1, 0.15) is 12.1 Å². The van der Waals surface area contributed by atoms with Crippen molar-refractivity contribution in [3.8, 4) is 11.5 Å². The third kappa shape index (κ3) is 3.74. The van der Waals surface area contributed by atoms with Crippen LogP contribution >= 0.6 is 0 Å². The van der Waals surface area contributed by atoms with Gasteiger partial charge in [0.25, 0.3) is 0 Å². The van der Waals surface area contributed by atoms with E-state index in [1.54, 1.807) is 14.2 Å². The van der Waals surface area contributed by atoms with Crippen LogP contribution in [0.25, 0.3) is 21.8 Å². The Labute approximate surface area is 207 Å². The minimum absolute atomic E-state index is 0.0479. The Bertz CT molecular complexity index is 1610. The zero-order valence-corrected chi connectivity index (χ0v) is 19.9. The SMILES string of the molecule is COc1cc2ncnc(Nc3ccc4c(c3)CCN4C(=O)Cc3[nH]nc4ccccc34)c2cc1OC. The van der Waals surface area contributed by atoms with Gasteiger partial charge in [-0.05, 0) is 42.3 Å². The molecule has 2 aromatic heterocycles. The lowest BCUT2D eigenvalue weighted by molar-refractivity contribution is -0.117. The van der Waals surface area contributed by atoms with Crippen molar-refractivity contribution in [1.29, 1.82) is 0 Å². The molecule has 0 bridgehead atoms. The lowest BCUT2D eigenvalue weighted by Gasteiger charge is -2.18. The predicted octanol–water partition coefficient (Wildman–Crippen LogP) is 4.40. The van der Waals surface area contributed by atoms with Crippen LogP contribution in [0.3, 0.4) is 0 Å². The maximum absolute atomic E-state index is 13.2. The number of hydrogen-bond acceptors (Lipinski definition) is 7. The molecule has 5 aromatic rings. The zero-order valence-electron chi connectivity index (χ0n) is 19.9. The fourth-order valence-electron chi connectivity index (χ4n) is 4.75. The Morgan fingerprint density at radius 2 is 1.83 bits per heavy atom. The highest BCUT2D eigenvalue weighted by Gasteiger charge is 2.26. The quantitative estimate of drug-likeness (QED) is 0.371. The number of H-pyrrole nitrogens is 1. The van der Waals surface area contributed by atoms with Crippen LogP contribution in [0.4, 0.5) is 17.2 Å². The maximum Gasteiger partial charge on any atom is 0.233 e. The van der Waals surface area contributed by atoms with E-state index in [0.29, 0.717) is 23.9 Å². The number of fused-ring (bicyclic) bond motifs is 3. The Morgan fingerprint density at radius 3 is 2.69 bits per heavy atom. The van der Waals surface area contributed by atoms with Gasteiger partial charge in [-0.3, -0.25) is 9.89 Å². The first-order valence-corrected chi connectivity index (χ1v) is 11.6. The number of nitrogens with one attached hydrogen (secondary N) is 2. The highest BCUT2D eigenvalue weighted by molar-refractivity contribution is 5.99. The van der Waals surface area contributed by atoms with Crippen molar-refractivity contribution in [3.63, 3.8) is 0 Å². The lowest BCUT2D eigenvalue weighted by Crippen LogP contribution is -2.30. The van der Waals surface area contributed by atoms with E-state index < -0.39 is 0 Å². The van der Waals surface area contributed by atoms with Crippen LogP contribution in [-0.4, -0.2) is 46.8 Å². The van der Waals surface area contributed by atoms with E-state index in [1.807, 2.05) is 53.4 Å². The number of amides is 1. The minimum atomic E-state index is 0.0479. The summed E-state index contributed by atoms with van der Waals surface area (Å²) in [5.74, 6) is 1.93. The van der Waals surface area contributed by atoms with Crippen molar-refractivity contribution in [2.45, 2.75) is 12.8 Å². The summed E-state index contributed by atoms with van der Waals surface area (Å²) in [5.41, 5.74) is 5.39. The third-order valence-corrected chi connectivity index (χ3v) is 6.55. The normalized spacial score (nSPS) is 12.7. The van der Waals surface area contributed by atoms with Crippen LogP contribution in [0.1, 0.15) is 11.3 Å². The van der Waals surface area contributed by atoms with Crippen molar-refractivity contribution in [2.24, 2.45) is 0 Å². The van der Waals surface area contributed by atoms with E-state index in [0.717, 1.165) is 50.9 Å². The zero-order chi connectivity index (χ0) is 24.6. The van der Waals surface area contributed by atoms with Gasteiger partial charge in [0.15, 0.2) is 11.5 Å². The second-order valence-corrected chi connectivity index (χ2v) is 8.61. The molecule has 0 radical (unpaired) electrons. The molecule has 0 saturated carbocycles. The molecule has 0 saturated heterocycles. The second-order valence-electron chi connectivity index (χ2n) is 8.61. The molecular formula is C27H24N6O3. The molecule has 180 valence electrons. The lowest BCUT2D eigenvalue weighted by atomic mass is 10.1. The number of aromatic amines is 1. The van der Waals surface area contributed by atoms with Gasteiger partial charge < -0.3 is 19.7 Å². The molecule has 0 atom stereocenters. The molecule has 9 nitrogen and oxygen atoms in total. The predicted molar refractivity (Wildman–Crippen MR) is 138 cm³/mol. The van der Waals surface area contributed by atoms with Gasteiger partial charge in [0, 0.05) is 34.8 Å². The standard InChI is InChI=1S/C27H24N6O3/c1-35-24-12-19-21(13-25(24)36-2)28-15-29-27(19)30-17-7-8-23-16(11-17)9-10-33(23)26(34)14-22-18-5-3-4-6-20(18)31-32-22/h3-8,11-13,15H,9-10,14H2,1-2H3,(H,31,32)(H,28,29,30). The summed E-state index contributed by atoms with van der Waals surface area (Å²) >= 11 is 0. The van der Waals surface area contributed by atoms with Crippen LogP contribution < -0.4 is 19.7 Å². The second kappa shape index (κ2) is 8.84.